The van der Waals surface area contributed by atoms with E-state index < -0.39 is 17.7 Å². The zero-order valence-corrected chi connectivity index (χ0v) is 11.2. The number of hydrogen-bond donors (Lipinski definition) is 2. The molecule has 2 N–H and O–H groups in total. The molecular weight excluding hydrogens is 274 g/mol. The molecular formula is C16H14F2N2O. The molecule has 108 valence electrons. The summed E-state index contributed by atoms with van der Waals surface area (Å²) in [6.45, 7) is 0. The van der Waals surface area contributed by atoms with Crippen LogP contribution in [0.1, 0.15) is 12.0 Å². The fourth-order valence-corrected chi connectivity index (χ4v) is 2.45. The zero-order valence-electron chi connectivity index (χ0n) is 11.2. The average Bonchev–Trinajstić information content (AvgIpc) is 2.49. The van der Waals surface area contributed by atoms with Gasteiger partial charge < -0.3 is 10.6 Å². The molecule has 1 aliphatic heterocycles. The quantitative estimate of drug-likeness (QED) is 0.890. The van der Waals surface area contributed by atoms with E-state index in [1.54, 1.807) is 0 Å². The summed E-state index contributed by atoms with van der Waals surface area (Å²) in [5.74, 6) is -1.77. The first-order valence-electron chi connectivity index (χ1n) is 6.74. The van der Waals surface area contributed by atoms with Crippen LogP contribution in [0.2, 0.25) is 0 Å². The lowest BCUT2D eigenvalue weighted by atomic mass is 9.97. The molecule has 0 fully saturated rings. The number of carbonyl (C=O) groups is 1. The summed E-state index contributed by atoms with van der Waals surface area (Å²) in [5, 5.41) is 5.63. The lowest BCUT2D eigenvalue weighted by molar-refractivity contribution is -0.117. The Kier molecular flexibility index (Phi) is 3.56. The molecule has 5 heteroatoms. The summed E-state index contributed by atoms with van der Waals surface area (Å²) in [7, 11) is 0. The highest BCUT2D eigenvalue weighted by atomic mass is 19.1. The Balaban J connectivity index is 1.72. The molecule has 0 radical (unpaired) electrons. The lowest BCUT2D eigenvalue weighted by Crippen LogP contribution is -2.37. The van der Waals surface area contributed by atoms with Crippen LogP contribution in [0.25, 0.3) is 0 Å². The number of para-hydroxylation sites is 1. The standard InChI is InChI=1S/C16H14F2N2O/c17-11-6-8-14(12(18)9-11)20-16(21)15-7-5-10-3-1-2-4-13(10)19-15/h1-4,6,8-9,15,19H,5,7H2,(H,20,21). The first-order chi connectivity index (χ1) is 10.1. The van der Waals surface area contributed by atoms with Crippen LogP contribution >= 0.6 is 0 Å². The van der Waals surface area contributed by atoms with E-state index in [1.807, 2.05) is 24.3 Å². The molecule has 1 unspecified atom stereocenters. The van der Waals surface area contributed by atoms with Crippen molar-refractivity contribution >= 4 is 17.3 Å². The zero-order chi connectivity index (χ0) is 14.8. The van der Waals surface area contributed by atoms with Crippen molar-refractivity contribution in [1.82, 2.24) is 0 Å². The maximum atomic E-state index is 13.5. The number of amides is 1. The van der Waals surface area contributed by atoms with Crippen LogP contribution in [0.4, 0.5) is 20.2 Å². The van der Waals surface area contributed by atoms with E-state index in [-0.39, 0.29) is 11.6 Å². The molecule has 1 aliphatic rings. The number of carbonyl (C=O) groups excluding carboxylic acids is 1. The van der Waals surface area contributed by atoms with Gasteiger partial charge in [0.2, 0.25) is 5.91 Å². The van der Waals surface area contributed by atoms with Gasteiger partial charge in [-0.3, -0.25) is 4.79 Å². The molecule has 0 saturated heterocycles. The lowest BCUT2D eigenvalue weighted by Gasteiger charge is -2.26. The number of benzene rings is 2. The van der Waals surface area contributed by atoms with Crippen molar-refractivity contribution in [1.29, 1.82) is 0 Å². The van der Waals surface area contributed by atoms with Crippen molar-refractivity contribution in [2.75, 3.05) is 10.6 Å². The summed E-state index contributed by atoms with van der Waals surface area (Å²) in [4.78, 5) is 12.2. The third-order valence-electron chi connectivity index (χ3n) is 3.55. The molecule has 0 aromatic heterocycles. The highest BCUT2D eigenvalue weighted by Gasteiger charge is 2.24. The number of nitrogens with one attached hydrogen (secondary N) is 2. The highest BCUT2D eigenvalue weighted by Crippen LogP contribution is 2.25. The van der Waals surface area contributed by atoms with Gasteiger partial charge in [-0.1, -0.05) is 18.2 Å². The molecule has 1 heterocycles. The first kappa shape index (κ1) is 13.5. The molecule has 1 amide bonds. The highest BCUT2D eigenvalue weighted by molar-refractivity contribution is 5.97. The summed E-state index contributed by atoms with van der Waals surface area (Å²) >= 11 is 0. The van der Waals surface area contributed by atoms with Gasteiger partial charge in [0.05, 0.1) is 5.69 Å². The topological polar surface area (TPSA) is 41.1 Å². The first-order valence-corrected chi connectivity index (χ1v) is 6.74. The van der Waals surface area contributed by atoms with Crippen LogP contribution in [0.3, 0.4) is 0 Å². The predicted octanol–water partition coefficient (Wildman–Crippen LogP) is 3.33. The Morgan fingerprint density at radius 3 is 2.81 bits per heavy atom. The number of halogens is 2. The number of anilines is 2. The van der Waals surface area contributed by atoms with Crippen LogP contribution in [-0.4, -0.2) is 11.9 Å². The van der Waals surface area contributed by atoms with E-state index >= 15 is 0 Å². The minimum Gasteiger partial charge on any atom is -0.373 e. The van der Waals surface area contributed by atoms with Crippen LogP contribution in [0.15, 0.2) is 42.5 Å². The van der Waals surface area contributed by atoms with Crippen LogP contribution in [0, 0.1) is 11.6 Å². The van der Waals surface area contributed by atoms with Gasteiger partial charge in [0.25, 0.3) is 0 Å². The van der Waals surface area contributed by atoms with Gasteiger partial charge in [-0.05, 0) is 36.6 Å². The van der Waals surface area contributed by atoms with Gasteiger partial charge >= 0.3 is 0 Å². The molecule has 2 aromatic carbocycles. The van der Waals surface area contributed by atoms with Gasteiger partial charge in [-0.25, -0.2) is 8.78 Å². The fourth-order valence-electron chi connectivity index (χ4n) is 2.45. The van der Waals surface area contributed by atoms with Crippen LogP contribution in [0.5, 0.6) is 0 Å². The molecule has 0 saturated carbocycles. The molecule has 2 aromatic rings. The smallest absolute Gasteiger partial charge is 0.246 e. The van der Waals surface area contributed by atoms with Crippen molar-refractivity contribution in [3.05, 3.63) is 59.7 Å². The largest absolute Gasteiger partial charge is 0.373 e. The normalized spacial score (nSPS) is 16.8. The maximum Gasteiger partial charge on any atom is 0.246 e. The SMILES string of the molecule is O=C(Nc1ccc(F)cc1F)C1CCc2ccccc2N1. The molecule has 0 bridgehead atoms. The summed E-state index contributed by atoms with van der Waals surface area (Å²) in [6.07, 6.45) is 1.42. The third-order valence-corrected chi connectivity index (χ3v) is 3.55. The van der Waals surface area contributed by atoms with Crippen molar-refractivity contribution in [2.45, 2.75) is 18.9 Å². The van der Waals surface area contributed by atoms with Gasteiger partial charge in [0, 0.05) is 11.8 Å². The van der Waals surface area contributed by atoms with Crippen molar-refractivity contribution in [3.63, 3.8) is 0 Å². The maximum absolute atomic E-state index is 13.5. The second-order valence-corrected chi connectivity index (χ2v) is 5.01. The Morgan fingerprint density at radius 1 is 1.19 bits per heavy atom. The molecule has 1 atom stereocenters. The Labute approximate surface area is 121 Å². The van der Waals surface area contributed by atoms with Crippen molar-refractivity contribution < 1.29 is 13.6 Å². The van der Waals surface area contributed by atoms with Gasteiger partial charge in [0.15, 0.2) is 0 Å². The molecule has 0 spiro atoms. The van der Waals surface area contributed by atoms with E-state index in [0.717, 1.165) is 29.8 Å². The van der Waals surface area contributed by atoms with Crippen molar-refractivity contribution in [3.8, 4) is 0 Å². The third kappa shape index (κ3) is 2.86. The van der Waals surface area contributed by atoms with Gasteiger partial charge in [-0.15, -0.1) is 0 Å². The van der Waals surface area contributed by atoms with Crippen molar-refractivity contribution in [2.24, 2.45) is 0 Å². The summed E-state index contributed by atoms with van der Waals surface area (Å²) in [5.41, 5.74) is 2.07. The second-order valence-electron chi connectivity index (χ2n) is 5.01. The number of aryl methyl sites for hydroxylation is 1. The van der Waals surface area contributed by atoms with E-state index in [9.17, 15) is 13.6 Å². The van der Waals surface area contributed by atoms with E-state index in [4.69, 9.17) is 0 Å². The van der Waals surface area contributed by atoms with E-state index in [2.05, 4.69) is 10.6 Å². The van der Waals surface area contributed by atoms with Crippen LogP contribution < -0.4 is 10.6 Å². The Morgan fingerprint density at radius 2 is 2.00 bits per heavy atom. The number of rotatable bonds is 2. The predicted molar refractivity (Wildman–Crippen MR) is 77.2 cm³/mol. The average molecular weight is 288 g/mol. The minimum atomic E-state index is -0.778. The number of hydrogen-bond acceptors (Lipinski definition) is 2. The summed E-state index contributed by atoms with van der Waals surface area (Å²) in [6, 6.07) is 10.4. The molecule has 3 rings (SSSR count). The van der Waals surface area contributed by atoms with E-state index in [0.29, 0.717) is 6.42 Å². The Hall–Kier alpha value is -2.43. The Bertz CT molecular complexity index is 688. The van der Waals surface area contributed by atoms with Gasteiger partial charge in [0.1, 0.15) is 17.7 Å². The molecule has 3 nitrogen and oxygen atoms in total. The molecule has 21 heavy (non-hydrogen) atoms. The minimum absolute atomic E-state index is 0.0120. The monoisotopic (exact) mass is 288 g/mol. The van der Waals surface area contributed by atoms with Gasteiger partial charge in [-0.2, -0.15) is 0 Å². The summed E-state index contributed by atoms with van der Waals surface area (Å²) < 4.78 is 26.4. The fraction of sp³-hybridized carbons (Fsp3) is 0.188. The van der Waals surface area contributed by atoms with Crippen LogP contribution in [-0.2, 0) is 11.2 Å². The molecule has 0 aliphatic carbocycles. The number of fused-ring (bicyclic) bond motifs is 1. The second kappa shape index (κ2) is 5.52. The van der Waals surface area contributed by atoms with E-state index in [1.165, 1.54) is 6.07 Å².